The normalized spacial score (nSPS) is 13.9. The summed E-state index contributed by atoms with van der Waals surface area (Å²) in [6.07, 6.45) is 0. The van der Waals surface area contributed by atoms with E-state index in [0.717, 1.165) is 22.6 Å². The molecule has 4 nitrogen and oxygen atoms in total. The summed E-state index contributed by atoms with van der Waals surface area (Å²) in [5.74, 6) is 1.33. The van der Waals surface area contributed by atoms with Crippen LogP contribution in [0.25, 0.3) is 0 Å². The molecule has 4 heteroatoms. The number of furan rings is 1. The van der Waals surface area contributed by atoms with Crippen LogP contribution in [-0.4, -0.2) is 5.91 Å². The fourth-order valence-electron chi connectivity index (χ4n) is 2.41. The second-order valence-corrected chi connectivity index (χ2v) is 5.00. The molecule has 0 bridgehead atoms. The summed E-state index contributed by atoms with van der Waals surface area (Å²) in [6.45, 7) is 5.82. The van der Waals surface area contributed by atoms with Crippen LogP contribution in [0.3, 0.4) is 0 Å². The minimum absolute atomic E-state index is 0.0230. The van der Waals surface area contributed by atoms with Gasteiger partial charge in [0, 0.05) is 11.6 Å². The molecule has 1 aromatic carbocycles. The van der Waals surface area contributed by atoms with Crippen LogP contribution in [0.15, 0.2) is 40.8 Å². The van der Waals surface area contributed by atoms with Gasteiger partial charge in [-0.2, -0.15) is 0 Å². The van der Waals surface area contributed by atoms with Crippen molar-refractivity contribution >= 4 is 5.91 Å². The van der Waals surface area contributed by atoms with Crippen LogP contribution < -0.4 is 11.1 Å². The summed E-state index contributed by atoms with van der Waals surface area (Å²) in [5, 5.41) is 3.27. The van der Waals surface area contributed by atoms with E-state index < -0.39 is 6.04 Å². The van der Waals surface area contributed by atoms with Gasteiger partial charge in [0.05, 0.1) is 0 Å². The van der Waals surface area contributed by atoms with Crippen LogP contribution in [-0.2, 0) is 4.79 Å². The number of nitrogens with two attached hydrogens (primary N) is 1. The Hall–Kier alpha value is -2.07. The predicted molar refractivity (Wildman–Crippen MR) is 78.1 cm³/mol. The summed E-state index contributed by atoms with van der Waals surface area (Å²) in [5.41, 5.74) is 7.42. The van der Waals surface area contributed by atoms with E-state index in [9.17, 15) is 4.79 Å². The highest BCUT2D eigenvalue weighted by Gasteiger charge is 2.22. The predicted octanol–water partition coefficient (Wildman–Crippen LogP) is 2.77. The van der Waals surface area contributed by atoms with E-state index in [1.165, 1.54) is 0 Å². The van der Waals surface area contributed by atoms with Gasteiger partial charge >= 0.3 is 0 Å². The number of hydrogen-bond acceptors (Lipinski definition) is 3. The molecule has 0 aliphatic carbocycles. The van der Waals surface area contributed by atoms with Crippen LogP contribution in [0.2, 0.25) is 0 Å². The third-order valence-electron chi connectivity index (χ3n) is 3.38. The van der Waals surface area contributed by atoms with Crippen molar-refractivity contribution in [1.29, 1.82) is 0 Å². The molecule has 0 aliphatic heterocycles. The molecular weight excluding hydrogens is 252 g/mol. The Balaban J connectivity index is 2.21. The molecule has 106 valence electrons. The number of carbonyl (C=O) groups is 1. The van der Waals surface area contributed by atoms with Crippen LogP contribution >= 0.6 is 0 Å². The molecule has 0 unspecified atom stereocenters. The van der Waals surface area contributed by atoms with E-state index >= 15 is 0 Å². The fraction of sp³-hybridized carbons (Fsp3) is 0.312. The first-order chi connectivity index (χ1) is 9.49. The number of benzene rings is 1. The van der Waals surface area contributed by atoms with Gasteiger partial charge in [-0.15, -0.1) is 0 Å². The molecule has 2 atom stereocenters. The number of rotatable bonds is 5. The summed E-state index contributed by atoms with van der Waals surface area (Å²) in [4.78, 5) is 11.7. The Labute approximate surface area is 119 Å². The number of carbonyl (C=O) groups excluding carboxylic acids is 1. The molecule has 2 aromatic rings. The number of primary amides is 1. The average Bonchev–Trinajstić information content (AvgIpc) is 2.75. The lowest BCUT2D eigenvalue weighted by atomic mass is 10.0. The Kier molecular flexibility index (Phi) is 4.25. The smallest absolute Gasteiger partial charge is 0.239 e. The largest absolute Gasteiger partial charge is 0.466 e. The molecule has 0 spiro atoms. The van der Waals surface area contributed by atoms with Crippen molar-refractivity contribution in [2.24, 2.45) is 5.73 Å². The van der Waals surface area contributed by atoms with Crippen LogP contribution in [0.1, 0.15) is 41.7 Å². The Morgan fingerprint density at radius 2 is 1.90 bits per heavy atom. The molecule has 0 fully saturated rings. The van der Waals surface area contributed by atoms with Gasteiger partial charge in [-0.25, -0.2) is 0 Å². The number of nitrogens with one attached hydrogen (secondary N) is 1. The summed E-state index contributed by atoms with van der Waals surface area (Å²) < 4.78 is 5.53. The van der Waals surface area contributed by atoms with Gasteiger partial charge in [-0.1, -0.05) is 30.3 Å². The van der Waals surface area contributed by atoms with Gasteiger partial charge in [-0.3, -0.25) is 10.1 Å². The molecule has 3 N–H and O–H groups in total. The molecule has 1 amide bonds. The van der Waals surface area contributed by atoms with E-state index in [-0.39, 0.29) is 11.9 Å². The van der Waals surface area contributed by atoms with Crippen molar-refractivity contribution in [3.8, 4) is 0 Å². The highest BCUT2D eigenvalue weighted by molar-refractivity contribution is 5.81. The van der Waals surface area contributed by atoms with Gasteiger partial charge in [0.1, 0.15) is 17.6 Å². The number of amides is 1. The maximum atomic E-state index is 11.7. The third-order valence-corrected chi connectivity index (χ3v) is 3.38. The molecule has 1 heterocycles. The van der Waals surface area contributed by atoms with Crippen molar-refractivity contribution in [3.63, 3.8) is 0 Å². The second kappa shape index (κ2) is 5.92. The SMILES string of the molecule is Cc1cc([C@H](C)N[C@@H](C(N)=O)c2ccccc2)c(C)o1. The third kappa shape index (κ3) is 3.08. The average molecular weight is 272 g/mol. The van der Waals surface area contributed by atoms with Gasteiger partial charge in [0.2, 0.25) is 5.91 Å². The lowest BCUT2D eigenvalue weighted by molar-refractivity contribution is -0.120. The monoisotopic (exact) mass is 272 g/mol. The number of aryl methyl sites for hydroxylation is 2. The zero-order valence-electron chi connectivity index (χ0n) is 12.0. The molecule has 0 saturated carbocycles. The van der Waals surface area contributed by atoms with Crippen molar-refractivity contribution in [3.05, 3.63) is 59.0 Å². The summed E-state index contributed by atoms with van der Waals surface area (Å²) in [6, 6.07) is 10.9. The zero-order valence-corrected chi connectivity index (χ0v) is 12.0. The first-order valence-corrected chi connectivity index (χ1v) is 6.66. The standard InChI is InChI=1S/C16H20N2O2/c1-10-9-14(12(3)20-10)11(2)18-15(16(17)19)13-7-5-4-6-8-13/h4-9,11,15,18H,1-3H3,(H2,17,19)/t11-,15+/m0/s1. The Bertz CT molecular complexity index is 590. The molecule has 20 heavy (non-hydrogen) atoms. The molecule has 0 aliphatic rings. The highest BCUT2D eigenvalue weighted by atomic mass is 16.3. The summed E-state index contributed by atoms with van der Waals surface area (Å²) >= 11 is 0. The van der Waals surface area contributed by atoms with E-state index in [0.29, 0.717) is 0 Å². The molecule has 1 aromatic heterocycles. The maximum Gasteiger partial charge on any atom is 0.239 e. The first-order valence-electron chi connectivity index (χ1n) is 6.66. The van der Waals surface area contributed by atoms with E-state index in [1.807, 2.05) is 57.2 Å². The van der Waals surface area contributed by atoms with Crippen molar-refractivity contribution < 1.29 is 9.21 Å². The van der Waals surface area contributed by atoms with E-state index in [1.54, 1.807) is 0 Å². The first kappa shape index (κ1) is 14.3. The van der Waals surface area contributed by atoms with Crippen LogP contribution in [0.5, 0.6) is 0 Å². The van der Waals surface area contributed by atoms with E-state index in [2.05, 4.69) is 5.32 Å². The molecule has 2 rings (SSSR count). The number of hydrogen-bond donors (Lipinski definition) is 2. The van der Waals surface area contributed by atoms with Crippen LogP contribution in [0, 0.1) is 13.8 Å². The van der Waals surface area contributed by atoms with Gasteiger partial charge in [0.25, 0.3) is 0 Å². The molecule has 0 radical (unpaired) electrons. The van der Waals surface area contributed by atoms with Gasteiger partial charge < -0.3 is 10.2 Å². The molecule has 0 saturated heterocycles. The van der Waals surface area contributed by atoms with Gasteiger partial charge in [0.15, 0.2) is 0 Å². The maximum absolute atomic E-state index is 11.7. The Morgan fingerprint density at radius 3 is 2.40 bits per heavy atom. The van der Waals surface area contributed by atoms with E-state index in [4.69, 9.17) is 10.2 Å². The topological polar surface area (TPSA) is 68.3 Å². The lowest BCUT2D eigenvalue weighted by Gasteiger charge is -2.21. The zero-order chi connectivity index (χ0) is 14.7. The highest BCUT2D eigenvalue weighted by Crippen LogP contribution is 2.24. The lowest BCUT2D eigenvalue weighted by Crippen LogP contribution is -2.35. The van der Waals surface area contributed by atoms with Gasteiger partial charge in [-0.05, 0) is 32.4 Å². The van der Waals surface area contributed by atoms with Crippen molar-refractivity contribution in [2.45, 2.75) is 32.9 Å². The minimum atomic E-state index is -0.513. The second-order valence-electron chi connectivity index (χ2n) is 5.00. The minimum Gasteiger partial charge on any atom is -0.466 e. The molecular formula is C16H20N2O2. The quantitative estimate of drug-likeness (QED) is 0.879. The Morgan fingerprint density at radius 1 is 1.25 bits per heavy atom. The van der Waals surface area contributed by atoms with Crippen LogP contribution in [0.4, 0.5) is 0 Å². The van der Waals surface area contributed by atoms with Crippen molar-refractivity contribution in [2.75, 3.05) is 0 Å². The fourth-order valence-corrected chi connectivity index (χ4v) is 2.41. The summed E-state index contributed by atoms with van der Waals surface area (Å²) in [7, 11) is 0. The van der Waals surface area contributed by atoms with Crippen molar-refractivity contribution in [1.82, 2.24) is 5.32 Å².